The Morgan fingerprint density at radius 2 is 1.97 bits per heavy atom. The van der Waals surface area contributed by atoms with Crippen LogP contribution in [0.25, 0.3) is 28.3 Å². The van der Waals surface area contributed by atoms with E-state index in [9.17, 15) is 4.79 Å². The van der Waals surface area contributed by atoms with Crippen molar-refractivity contribution < 1.29 is 13.9 Å². The quantitative estimate of drug-likeness (QED) is 0.423. The number of morpholine rings is 1. The first-order chi connectivity index (χ1) is 17.0. The molecular weight excluding hydrogens is 444 g/mol. The summed E-state index contributed by atoms with van der Waals surface area (Å²) in [5.41, 5.74) is 4.16. The van der Waals surface area contributed by atoms with Crippen LogP contribution in [0.4, 0.5) is 5.82 Å². The van der Waals surface area contributed by atoms with Crippen molar-refractivity contribution in [2.24, 2.45) is 5.92 Å². The first-order valence-corrected chi connectivity index (χ1v) is 12.1. The zero-order chi connectivity index (χ0) is 23.9. The maximum absolute atomic E-state index is 13.0. The Bertz CT molecular complexity index is 1380. The van der Waals surface area contributed by atoms with Crippen molar-refractivity contribution in [3.05, 3.63) is 53.9 Å². The summed E-state index contributed by atoms with van der Waals surface area (Å²) in [7, 11) is 1.82. The van der Waals surface area contributed by atoms with Gasteiger partial charge < -0.3 is 19.0 Å². The third kappa shape index (κ3) is 4.39. The van der Waals surface area contributed by atoms with Crippen LogP contribution in [-0.2, 0) is 4.74 Å². The first-order valence-electron chi connectivity index (χ1n) is 12.1. The largest absolute Gasteiger partial charge is 0.445 e. The van der Waals surface area contributed by atoms with Crippen LogP contribution in [0.2, 0.25) is 0 Å². The normalized spacial score (nSPS) is 16.1. The van der Waals surface area contributed by atoms with Gasteiger partial charge >= 0.3 is 0 Å². The molecule has 4 aromatic rings. The van der Waals surface area contributed by atoms with Crippen LogP contribution in [0.15, 0.2) is 47.0 Å². The van der Waals surface area contributed by atoms with E-state index in [0.717, 1.165) is 17.8 Å². The van der Waals surface area contributed by atoms with Gasteiger partial charge in [-0.1, -0.05) is 23.8 Å². The van der Waals surface area contributed by atoms with E-state index in [1.807, 2.05) is 31.4 Å². The van der Waals surface area contributed by atoms with Gasteiger partial charge in [0.1, 0.15) is 5.52 Å². The van der Waals surface area contributed by atoms with Gasteiger partial charge in [0.05, 0.1) is 18.9 Å². The van der Waals surface area contributed by atoms with Gasteiger partial charge in [-0.15, -0.1) is 0 Å². The summed E-state index contributed by atoms with van der Waals surface area (Å²) in [4.78, 5) is 26.5. The molecule has 0 radical (unpaired) electrons. The zero-order valence-corrected chi connectivity index (χ0v) is 20.0. The highest BCUT2D eigenvalue weighted by molar-refractivity contribution is 5.97. The summed E-state index contributed by atoms with van der Waals surface area (Å²) >= 11 is 0. The average molecular weight is 473 g/mol. The summed E-state index contributed by atoms with van der Waals surface area (Å²) < 4.78 is 13.3. The number of furan rings is 1. The van der Waals surface area contributed by atoms with E-state index in [1.54, 1.807) is 15.6 Å². The van der Waals surface area contributed by atoms with Crippen LogP contribution in [0.1, 0.15) is 29.0 Å². The second-order valence-electron chi connectivity index (χ2n) is 9.42. The number of anilines is 1. The number of benzene rings is 1. The minimum absolute atomic E-state index is 0.134. The Morgan fingerprint density at radius 1 is 1.14 bits per heavy atom. The number of hydrogen-bond acceptors (Lipinski definition) is 7. The number of hydrogen-bond donors (Lipinski definition) is 0. The number of aromatic nitrogens is 4. The minimum atomic E-state index is -0.134. The number of rotatable bonds is 6. The number of fused-ring (bicyclic) bond motifs is 1. The lowest BCUT2D eigenvalue weighted by atomic mass is 10.1. The van der Waals surface area contributed by atoms with Gasteiger partial charge in [0.25, 0.3) is 11.9 Å². The van der Waals surface area contributed by atoms with E-state index in [1.165, 1.54) is 18.4 Å². The highest BCUT2D eigenvalue weighted by Gasteiger charge is 2.28. The van der Waals surface area contributed by atoms with Crippen LogP contribution in [0.3, 0.4) is 0 Å². The summed E-state index contributed by atoms with van der Waals surface area (Å²) in [5, 5.41) is 4.74. The molecule has 1 aliphatic heterocycles. The standard InChI is InChI=1S/C26H28N6O3/c1-17-4-3-5-19(14-17)20-8-9-32(29-20)26-27-21-15-22(25(33)30(2)16-18-6-7-18)35-23(21)24(28-26)31-10-12-34-13-11-31/h3-5,8-9,14-15,18H,6-7,10-13,16H2,1-2H3. The van der Waals surface area contributed by atoms with E-state index in [4.69, 9.17) is 24.2 Å². The van der Waals surface area contributed by atoms with Crippen molar-refractivity contribution in [2.45, 2.75) is 19.8 Å². The second-order valence-corrected chi connectivity index (χ2v) is 9.42. The summed E-state index contributed by atoms with van der Waals surface area (Å²) in [5.74, 6) is 1.84. The number of aryl methyl sites for hydroxylation is 1. The highest BCUT2D eigenvalue weighted by Crippen LogP contribution is 2.32. The van der Waals surface area contributed by atoms with Crippen LogP contribution in [0, 0.1) is 12.8 Å². The number of amides is 1. The maximum Gasteiger partial charge on any atom is 0.289 e. The molecule has 1 aromatic carbocycles. The molecule has 0 N–H and O–H groups in total. The molecule has 180 valence electrons. The monoisotopic (exact) mass is 472 g/mol. The molecule has 9 heteroatoms. The van der Waals surface area contributed by atoms with Crippen molar-refractivity contribution in [1.82, 2.24) is 24.6 Å². The van der Waals surface area contributed by atoms with Crippen LogP contribution < -0.4 is 4.90 Å². The number of carbonyl (C=O) groups excluding carboxylic acids is 1. The van der Waals surface area contributed by atoms with E-state index in [2.05, 4.69) is 24.0 Å². The Hall–Kier alpha value is -3.72. The molecule has 0 bridgehead atoms. The molecule has 1 saturated carbocycles. The first kappa shape index (κ1) is 21.8. The van der Waals surface area contributed by atoms with Crippen molar-refractivity contribution in [1.29, 1.82) is 0 Å². The van der Waals surface area contributed by atoms with Gasteiger partial charge in [-0.2, -0.15) is 10.1 Å². The van der Waals surface area contributed by atoms with Gasteiger partial charge in [0.2, 0.25) is 0 Å². The maximum atomic E-state index is 13.0. The van der Waals surface area contributed by atoms with E-state index in [0.29, 0.717) is 55.1 Å². The topological polar surface area (TPSA) is 89.5 Å². The molecule has 1 amide bonds. The molecule has 2 fully saturated rings. The van der Waals surface area contributed by atoms with E-state index >= 15 is 0 Å². The third-order valence-electron chi connectivity index (χ3n) is 6.55. The summed E-state index contributed by atoms with van der Waals surface area (Å²) in [6.45, 7) is 5.40. The molecule has 0 spiro atoms. The number of carbonyl (C=O) groups is 1. The lowest BCUT2D eigenvalue weighted by Crippen LogP contribution is -2.37. The Balaban J connectivity index is 1.40. The fourth-order valence-electron chi connectivity index (χ4n) is 4.45. The van der Waals surface area contributed by atoms with Crippen molar-refractivity contribution >= 4 is 22.8 Å². The third-order valence-corrected chi connectivity index (χ3v) is 6.55. The van der Waals surface area contributed by atoms with Crippen molar-refractivity contribution in [3.63, 3.8) is 0 Å². The second kappa shape index (κ2) is 8.81. The molecule has 6 rings (SSSR count). The predicted octanol–water partition coefficient (Wildman–Crippen LogP) is 3.70. The smallest absolute Gasteiger partial charge is 0.289 e. The SMILES string of the molecule is Cc1cccc(-c2ccn(-c3nc(N4CCOCC4)c4oc(C(=O)N(C)CC5CC5)cc4n3)n2)c1. The number of nitrogens with zero attached hydrogens (tertiary/aromatic N) is 6. The van der Waals surface area contributed by atoms with Crippen molar-refractivity contribution in [2.75, 3.05) is 44.8 Å². The van der Waals surface area contributed by atoms with Gasteiger partial charge in [0, 0.05) is 44.5 Å². The van der Waals surface area contributed by atoms with Crippen LogP contribution in [0.5, 0.6) is 0 Å². The fourth-order valence-corrected chi connectivity index (χ4v) is 4.45. The van der Waals surface area contributed by atoms with Crippen LogP contribution >= 0.6 is 0 Å². The number of ether oxygens (including phenoxy) is 1. The molecule has 35 heavy (non-hydrogen) atoms. The molecule has 1 saturated heterocycles. The minimum Gasteiger partial charge on any atom is -0.445 e. The highest BCUT2D eigenvalue weighted by atomic mass is 16.5. The summed E-state index contributed by atoms with van der Waals surface area (Å²) in [6, 6.07) is 11.9. The average Bonchev–Trinajstić information content (AvgIpc) is 3.37. The van der Waals surface area contributed by atoms with E-state index in [-0.39, 0.29) is 11.7 Å². The molecule has 4 heterocycles. The molecule has 1 aliphatic carbocycles. The molecule has 0 atom stereocenters. The van der Waals surface area contributed by atoms with Gasteiger partial charge in [-0.05, 0) is 37.8 Å². The summed E-state index contributed by atoms with van der Waals surface area (Å²) in [6.07, 6.45) is 4.22. The van der Waals surface area contributed by atoms with Gasteiger partial charge in [-0.3, -0.25) is 4.79 Å². The Morgan fingerprint density at radius 3 is 2.74 bits per heavy atom. The Labute approximate surface area is 203 Å². The van der Waals surface area contributed by atoms with Crippen molar-refractivity contribution in [3.8, 4) is 17.2 Å². The molecule has 9 nitrogen and oxygen atoms in total. The fraction of sp³-hybridized carbons (Fsp3) is 0.385. The predicted molar refractivity (Wildman–Crippen MR) is 132 cm³/mol. The zero-order valence-electron chi connectivity index (χ0n) is 20.0. The molecule has 0 unspecified atom stereocenters. The molecular formula is C26H28N6O3. The van der Waals surface area contributed by atoms with Crippen LogP contribution in [-0.4, -0.2) is 70.5 Å². The lowest BCUT2D eigenvalue weighted by Gasteiger charge is -2.27. The van der Waals surface area contributed by atoms with Gasteiger partial charge in [0.15, 0.2) is 17.2 Å². The Kier molecular flexibility index (Phi) is 5.49. The molecule has 3 aromatic heterocycles. The lowest BCUT2D eigenvalue weighted by molar-refractivity contribution is 0.0759. The molecule has 2 aliphatic rings. The van der Waals surface area contributed by atoms with Gasteiger partial charge in [-0.25, -0.2) is 9.67 Å². The van der Waals surface area contributed by atoms with E-state index < -0.39 is 0 Å².